The highest BCUT2D eigenvalue weighted by molar-refractivity contribution is 6.74. The zero-order chi connectivity index (χ0) is 20.5. The molecule has 0 spiro atoms. The van der Waals surface area contributed by atoms with Gasteiger partial charge in [0, 0.05) is 0 Å². The molecule has 5 nitrogen and oxygen atoms in total. The van der Waals surface area contributed by atoms with Crippen LogP contribution in [-0.2, 0) is 23.4 Å². The summed E-state index contributed by atoms with van der Waals surface area (Å²) in [6.07, 6.45) is -1.81. The summed E-state index contributed by atoms with van der Waals surface area (Å²) >= 11 is 0. The minimum Gasteiger partial charge on any atom is -0.464 e. The molecule has 1 aromatic carbocycles. The van der Waals surface area contributed by atoms with E-state index in [1.807, 2.05) is 44.2 Å². The van der Waals surface area contributed by atoms with Crippen molar-refractivity contribution in [1.82, 2.24) is 0 Å². The summed E-state index contributed by atoms with van der Waals surface area (Å²) in [5, 5.41) is 0.0223. The van der Waals surface area contributed by atoms with Crippen molar-refractivity contribution >= 4 is 14.3 Å². The van der Waals surface area contributed by atoms with Crippen LogP contribution in [0.5, 0.6) is 0 Å². The Morgan fingerprint density at radius 2 is 1.78 bits per heavy atom. The number of hydrogen-bond donors (Lipinski definition) is 0. The monoisotopic (exact) mass is 394 g/mol. The van der Waals surface area contributed by atoms with E-state index in [1.54, 1.807) is 6.92 Å². The van der Waals surface area contributed by atoms with Gasteiger partial charge in [-0.05, 0) is 44.5 Å². The van der Waals surface area contributed by atoms with Crippen LogP contribution in [0.25, 0.3) is 0 Å². The van der Waals surface area contributed by atoms with Gasteiger partial charge in [-0.25, -0.2) is 4.79 Å². The predicted molar refractivity (Wildman–Crippen MR) is 108 cm³/mol. The van der Waals surface area contributed by atoms with E-state index >= 15 is 0 Å². The van der Waals surface area contributed by atoms with Gasteiger partial charge in [0.15, 0.2) is 20.2 Å². The Morgan fingerprint density at radius 3 is 2.30 bits per heavy atom. The van der Waals surface area contributed by atoms with Crippen molar-refractivity contribution < 1.29 is 23.4 Å². The van der Waals surface area contributed by atoms with Crippen molar-refractivity contribution in [2.24, 2.45) is 0 Å². The molecule has 1 fully saturated rings. The highest BCUT2D eigenvalue weighted by Gasteiger charge is 2.52. The van der Waals surface area contributed by atoms with Crippen molar-refractivity contribution in [1.29, 1.82) is 0 Å². The van der Waals surface area contributed by atoms with Crippen molar-refractivity contribution in [2.45, 2.75) is 83.8 Å². The average molecular weight is 395 g/mol. The normalized spacial score (nSPS) is 23.9. The van der Waals surface area contributed by atoms with E-state index in [-0.39, 0.29) is 5.04 Å². The molecule has 1 aliphatic rings. The first-order valence-electron chi connectivity index (χ1n) is 9.63. The highest BCUT2D eigenvalue weighted by atomic mass is 28.4. The van der Waals surface area contributed by atoms with Crippen LogP contribution >= 0.6 is 0 Å². The quantitative estimate of drug-likeness (QED) is 0.511. The van der Waals surface area contributed by atoms with Crippen LogP contribution < -0.4 is 0 Å². The maximum absolute atomic E-state index is 12.6. The van der Waals surface area contributed by atoms with Gasteiger partial charge in [0.2, 0.25) is 0 Å². The van der Waals surface area contributed by atoms with Crippen LogP contribution in [0.3, 0.4) is 0 Å². The summed E-state index contributed by atoms with van der Waals surface area (Å²) in [5.74, 6) is -1.29. The Kier molecular flexibility index (Phi) is 6.57. The van der Waals surface area contributed by atoms with E-state index < -0.39 is 38.4 Å². The zero-order valence-electron chi connectivity index (χ0n) is 17.9. The van der Waals surface area contributed by atoms with Crippen molar-refractivity contribution in [3.05, 3.63) is 35.9 Å². The van der Waals surface area contributed by atoms with Gasteiger partial charge in [0.05, 0.1) is 12.7 Å². The average Bonchev–Trinajstić information content (AvgIpc) is 2.88. The first kappa shape index (κ1) is 22.1. The summed E-state index contributed by atoms with van der Waals surface area (Å²) in [6, 6.07) is 9.92. The zero-order valence-corrected chi connectivity index (χ0v) is 18.9. The predicted octanol–water partition coefficient (Wildman–Crippen LogP) is 4.83. The molecule has 0 saturated carbocycles. The molecule has 6 heteroatoms. The molecule has 1 aliphatic heterocycles. The summed E-state index contributed by atoms with van der Waals surface area (Å²) in [7, 11) is -2.14. The SMILES string of the molecule is CCOC(=O)[C@H]1OC(C)(C)O[C@@H]1[C@H](O[Si](C)(C)C(C)(C)C)c1ccccc1. The number of carbonyl (C=O) groups excluding carboxylic acids is 1. The van der Waals surface area contributed by atoms with Crippen molar-refractivity contribution in [3.8, 4) is 0 Å². The van der Waals surface area contributed by atoms with Crippen LogP contribution in [-0.4, -0.2) is 38.9 Å². The number of hydrogen-bond acceptors (Lipinski definition) is 5. The van der Waals surface area contributed by atoms with E-state index in [0.29, 0.717) is 6.61 Å². The molecule has 0 radical (unpaired) electrons. The van der Waals surface area contributed by atoms with E-state index in [1.165, 1.54) is 0 Å². The Balaban J connectivity index is 2.44. The molecule has 0 bridgehead atoms. The number of esters is 1. The third kappa shape index (κ3) is 5.19. The highest BCUT2D eigenvalue weighted by Crippen LogP contribution is 2.44. The maximum Gasteiger partial charge on any atom is 0.338 e. The first-order valence-corrected chi connectivity index (χ1v) is 12.5. The summed E-state index contributed by atoms with van der Waals surface area (Å²) in [6.45, 7) is 16.7. The summed E-state index contributed by atoms with van der Waals surface area (Å²) in [4.78, 5) is 12.6. The molecule has 152 valence electrons. The fraction of sp³-hybridized carbons (Fsp3) is 0.667. The molecule has 3 atom stereocenters. The van der Waals surface area contributed by atoms with Crippen molar-refractivity contribution in [2.75, 3.05) is 6.61 Å². The van der Waals surface area contributed by atoms with Gasteiger partial charge in [-0.3, -0.25) is 0 Å². The van der Waals surface area contributed by atoms with Crippen LogP contribution in [0.1, 0.15) is 53.2 Å². The number of ether oxygens (including phenoxy) is 3. The molecule has 0 aromatic heterocycles. The second kappa shape index (κ2) is 8.03. The molecule has 0 N–H and O–H groups in total. The van der Waals surface area contributed by atoms with Gasteiger partial charge >= 0.3 is 5.97 Å². The minimum absolute atomic E-state index is 0.0223. The van der Waals surface area contributed by atoms with Gasteiger partial charge < -0.3 is 18.6 Å². The van der Waals surface area contributed by atoms with E-state index in [4.69, 9.17) is 18.6 Å². The van der Waals surface area contributed by atoms with Gasteiger partial charge in [-0.2, -0.15) is 0 Å². The minimum atomic E-state index is -2.14. The first-order chi connectivity index (χ1) is 12.4. The molecule has 1 aromatic rings. The molecule has 1 heterocycles. The van der Waals surface area contributed by atoms with Gasteiger partial charge in [0.1, 0.15) is 6.10 Å². The Hall–Kier alpha value is -1.21. The van der Waals surface area contributed by atoms with Gasteiger partial charge in [-0.1, -0.05) is 51.1 Å². The third-order valence-electron chi connectivity index (χ3n) is 5.30. The van der Waals surface area contributed by atoms with Crippen LogP contribution in [0, 0.1) is 0 Å². The van der Waals surface area contributed by atoms with Gasteiger partial charge in [-0.15, -0.1) is 0 Å². The third-order valence-corrected chi connectivity index (χ3v) is 9.76. The molecule has 0 aliphatic carbocycles. The Labute approximate surface area is 164 Å². The second-order valence-electron chi connectivity index (χ2n) is 8.98. The fourth-order valence-corrected chi connectivity index (χ4v) is 4.14. The number of carbonyl (C=O) groups is 1. The molecule has 27 heavy (non-hydrogen) atoms. The fourth-order valence-electron chi connectivity index (χ4n) is 2.88. The molecular weight excluding hydrogens is 360 g/mol. The lowest BCUT2D eigenvalue weighted by molar-refractivity contribution is -0.170. The van der Waals surface area contributed by atoms with Crippen molar-refractivity contribution in [3.63, 3.8) is 0 Å². The largest absolute Gasteiger partial charge is 0.464 e. The molecule has 2 rings (SSSR count). The van der Waals surface area contributed by atoms with Crippen LogP contribution in [0.4, 0.5) is 0 Å². The maximum atomic E-state index is 12.6. The van der Waals surface area contributed by atoms with Crippen LogP contribution in [0.2, 0.25) is 18.1 Å². The Bertz CT molecular complexity index is 636. The van der Waals surface area contributed by atoms with E-state index in [9.17, 15) is 4.79 Å². The van der Waals surface area contributed by atoms with E-state index in [0.717, 1.165) is 5.56 Å². The van der Waals surface area contributed by atoms with E-state index in [2.05, 4.69) is 33.9 Å². The molecular formula is C21H34O5Si. The lowest BCUT2D eigenvalue weighted by Crippen LogP contribution is -2.47. The lowest BCUT2D eigenvalue weighted by atomic mass is 10.0. The lowest BCUT2D eigenvalue weighted by Gasteiger charge is -2.41. The molecule has 0 unspecified atom stereocenters. The summed E-state index contributed by atoms with van der Waals surface area (Å²) in [5.41, 5.74) is 0.975. The smallest absolute Gasteiger partial charge is 0.338 e. The number of rotatable bonds is 6. The Morgan fingerprint density at radius 1 is 1.19 bits per heavy atom. The number of benzene rings is 1. The molecule has 1 saturated heterocycles. The second-order valence-corrected chi connectivity index (χ2v) is 13.7. The standard InChI is InChI=1S/C21H34O5Si/c1-9-23-19(22)18-17(24-21(5,6)25-18)16(15-13-11-10-12-14-15)26-27(7,8)20(2,3)4/h10-14,16-18H,9H2,1-8H3/t16-,17-,18+/m1/s1. The summed E-state index contributed by atoms with van der Waals surface area (Å²) < 4.78 is 24.1. The molecule has 0 amide bonds. The topological polar surface area (TPSA) is 54.0 Å². The van der Waals surface area contributed by atoms with Gasteiger partial charge in [0.25, 0.3) is 0 Å². The van der Waals surface area contributed by atoms with Crippen LogP contribution in [0.15, 0.2) is 30.3 Å².